The molecule has 0 saturated carbocycles. The topological polar surface area (TPSA) is 41.9 Å². The molecule has 0 aromatic heterocycles. The van der Waals surface area contributed by atoms with Gasteiger partial charge in [-0.15, -0.1) is 0 Å². The van der Waals surface area contributed by atoms with Crippen molar-refractivity contribution in [1.29, 1.82) is 0 Å². The number of benzene rings is 1. The predicted molar refractivity (Wildman–Crippen MR) is 82.5 cm³/mol. The van der Waals surface area contributed by atoms with E-state index in [1.54, 1.807) is 6.08 Å². The van der Waals surface area contributed by atoms with Gasteiger partial charge >= 0.3 is 0 Å². The summed E-state index contributed by atoms with van der Waals surface area (Å²) in [7, 11) is -2.73. The fourth-order valence-electron chi connectivity index (χ4n) is 4.74. The zero-order valence-corrected chi connectivity index (χ0v) is 11.7. The summed E-state index contributed by atoms with van der Waals surface area (Å²) < 4.78 is 75.2. The Morgan fingerprint density at radius 2 is 2.45 bits per heavy atom. The lowest BCUT2D eigenvalue weighted by Crippen LogP contribution is -2.64. The number of rotatable bonds is 1. The van der Waals surface area contributed by atoms with Crippen molar-refractivity contribution in [2.45, 2.75) is 36.5 Å². The molecule has 0 radical (unpaired) electrons. The molecule has 1 N–H and O–H groups in total. The third kappa shape index (κ3) is 1.28. The molecule has 4 aliphatic rings. The minimum absolute atomic E-state index is 0.0315. The van der Waals surface area contributed by atoms with Crippen LogP contribution in [0.2, 0.25) is 0 Å². The molecule has 4 heteroatoms. The maximum absolute atomic E-state index is 10.7. The second-order valence-electron chi connectivity index (χ2n) is 6.43. The van der Waals surface area contributed by atoms with Gasteiger partial charge in [-0.1, -0.05) is 18.2 Å². The van der Waals surface area contributed by atoms with Crippen molar-refractivity contribution in [3.63, 3.8) is 0 Å². The normalized spacial score (nSPS) is 49.9. The van der Waals surface area contributed by atoms with Crippen LogP contribution in [-0.2, 0) is 11.8 Å². The van der Waals surface area contributed by atoms with Crippen molar-refractivity contribution < 1.29 is 25.5 Å². The van der Waals surface area contributed by atoms with Gasteiger partial charge in [0.15, 0.2) is 11.5 Å². The van der Waals surface area contributed by atoms with Crippen LogP contribution in [0.1, 0.15) is 28.5 Å². The molecular formula is C18H21NO3. The van der Waals surface area contributed by atoms with Crippen LogP contribution in [0.15, 0.2) is 24.3 Å². The Kier molecular flexibility index (Phi) is 1.36. The molecule has 1 saturated heterocycles. The Morgan fingerprint density at radius 3 is 3.32 bits per heavy atom. The van der Waals surface area contributed by atoms with E-state index in [-0.39, 0.29) is 23.6 Å². The van der Waals surface area contributed by atoms with Gasteiger partial charge in [0.25, 0.3) is 0 Å². The summed E-state index contributed by atoms with van der Waals surface area (Å²) in [6.07, 6.45) is -0.283. The van der Waals surface area contributed by atoms with Gasteiger partial charge in [0.1, 0.15) is 12.2 Å². The van der Waals surface area contributed by atoms with Crippen LogP contribution in [0, 0.1) is 5.92 Å². The smallest absolute Gasteiger partial charge is 0.165 e. The minimum Gasteiger partial charge on any atom is -0.493 e. The number of methoxy groups -OCH3 is 1. The Labute approximate surface area is 141 Å². The highest BCUT2D eigenvalue weighted by Gasteiger charge is 2.64. The van der Waals surface area contributed by atoms with Crippen molar-refractivity contribution in [3.8, 4) is 11.5 Å². The third-order valence-electron chi connectivity index (χ3n) is 5.62. The zero-order valence-electron chi connectivity index (χ0n) is 19.7. The minimum atomic E-state index is -2.73. The molecule has 4 nitrogen and oxygen atoms in total. The molecular weight excluding hydrogens is 278 g/mol. The van der Waals surface area contributed by atoms with Gasteiger partial charge < -0.3 is 19.5 Å². The Bertz CT molecular complexity index is 943. The van der Waals surface area contributed by atoms with E-state index in [0.29, 0.717) is 12.0 Å². The molecule has 22 heavy (non-hydrogen) atoms. The predicted octanol–water partition coefficient (Wildman–Crippen LogP) is 1.50. The van der Waals surface area contributed by atoms with E-state index in [9.17, 15) is 5.11 Å². The van der Waals surface area contributed by atoms with Crippen molar-refractivity contribution >= 4 is 0 Å². The molecule has 2 bridgehead atoms. The summed E-state index contributed by atoms with van der Waals surface area (Å²) in [4.78, 5) is 1.23. The lowest BCUT2D eigenvalue weighted by molar-refractivity contribution is -0.0453. The average Bonchev–Trinajstić information content (AvgIpc) is 2.94. The van der Waals surface area contributed by atoms with Gasteiger partial charge in [-0.2, -0.15) is 0 Å². The molecule has 2 heterocycles. The SMILES string of the molecule is [2H]C([2H])([2H])Oc1ccc2c3c1OC1C(O)C=C[C@H]4[C@H](N(C([2H])([2H])[2H])CC[C@]314)C2([2H])[2H]. The van der Waals surface area contributed by atoms with E-state index in [0.717, 1.165) is 0 Å². The molecule has 1 fully saturated rings. The van der Waals surface area contributed by atoms with E-state index in [4.69, 9.17) is 20.4 Å². The maximum atomic E-state index is 10.7. The molecule has 2 aliphatic carbocycles. The quantitative estimate of drug-likeness (QED) is 0.799. The largest absolute Gasteiger partial charge is 0.493 e. The van der Waals surface area contributed by atoms with Crippen LogP contribution in [0.4, 0.5) is 0 Å². The number of nitrogens with zero attached hydrogens (tertiary/aromatic N) is 1. The molecule has 1 aromatic carbocycles. The first-order valence-corrected chi connectivity index (χ1v) is 7.45. The van der Waals surface area contributed by atoms with Crippen LogP contribution < -0.4 is 9.47 Å². The van der Waals surface area contributed by atoms with E-state index in [1.807, 2.05) is 0 Å². The summed E-state index contributed by atoms with van der Waals surface area (Å²) >= 11 is 0. The van der Waals surface area contributed by atoms with E-state index >= 15 is 0 Å². The van der Waals surface area contributed by atoms with Crippen molar-refractivity contribution in [3.05, 3.63) is 35.4 Å². The van der Waals surface area contributed by atoms with Crippen molar-refractivity contribution in [2.75, 3.05) is 20.6 Å². The Balaban J connectivity index is 1.79. The summed E-state index contributed by atoms with van der Waals surface area (Å²) in [5.41, 5.74) is -0.102. The molecule has 1 spiro atoms. The first-order chi connectivity index (χ1) is 13.8. The number of aliphatic hydroxyl groups is 1. The molecule has 2 aliphatic heterocycles. The fourth-order valence-corrected chi connectivity index (χ4v) is 4.74. The van der Waals surface area contributed by atoms with Crippen LogP contribution in [-0.4, -0.2) is 48.8 Å². The number of likely N-dealkylation sites (tertiary alicyclic amines) is 1. The van der Waals surface area contributed by atoms with Crippen LogP contribution in [0.5, 0.6) is 11.5 Å². The first-order valence-electron chi connectivity index (χ1n) is 11.5. The molecule has 116 valence electrons. The van der Waals surface area contributed by atoms with Crippen LogP contribution in [0.3, 0.4) is 0 Å². The third-order valence-corrected chi connectivity index (χ3v) is 5.62. The van der Waals surface area contributed by atoms with Gasteiger partial charge in [0.2, 0.25) is 0 Å². The van der Waals surface area contributed by atoms with Gasteiger partial charge in [-0.25, -0.2) is 0 Å². The average molecular weight is 307 g/mol. The summed E-state index contributed by atoms with van der Waals surface area (Å²) in [5.74, 6) is -0.464. The number of piperidine rings is 1. The fraction of sp³-hybridized carbons (Fsp3) is 0.556. The molecule has 5 rings (SSSR count). The van der Waals surface area contributed by atoms with Crippen LogP contribution in [0.25, 0.3) is 0 Å². The van der Waals surface area contributed by atoms with E-state index in [1.165, 1.54) is 23.1 Å². The van der Waals surface area contributed by atoms with Crippen LogP contribution >= 0.6 is 0 Å². The highest BCUT2D eigenvalue weighted by atomic mass is 16.5. The first kappa shape index (κ1) is 7.37. The summed E-state index contributed by atoms with van der Waals surface area (Å²) in [5, 5.41) is 10.7. The standard InChI is InChI=1S/C18H21NO3/c1-19-8-7-18-11-4-5-13(20)17(18)22-16-14(21-2)6-3-10(15(16)18)9-12(11)19/h3-6,11-13,17,20H,7-9H2,1-2H3/t11-,12+,13?,17?,18-/m0/s1/i1D3,2D3,9D2. The van der Waals surface area contributed by atoms with Gasteiger partial charge in [0, 0.05) is 29.8 Å². The Hall–Kier alpha value is -1.52. The zero-order chi connectivity index (χ0) is 21.9. The summed E-state index contributed by atoms with van der Waals surface area (Å²) in [6, 6.07) is 1.83. The second-order valence-corrected chi connectivity index (χ2v) is 6.43. The highest BCUT2D eigenvalue weighted by molar-refractivity contribution is 5.62. The number of hydrogen-bond acceptors (Lipinski definition) is 4. The molecule has 2 unspecified atom stereocenters. The highest BCUT2D eigenvalue weighted by Crippen LogP contribution is 2.62. The monoisotopic (exact) mass is 307 g/mol. The van der Waals surface area contributed by atoms with Crippen molar-refractivity contribution in [1.82, 2.24) is 4.90 Å². The van der Waals surface area contributed by atoms with Crippen molar-refractivity contribution in [2.24, 2.45) is 5.92 Å². The maximum Gasteiger partial charge on any atom is 0.165 e. The van der Waals surface area contributed by atoms with Gasteiger partial charge in [-0.3, -0.25) is 0 Å². The van der Waals surface area contributed by atoms with Gasteiger partial charge in [-0.05, 0) is 37.9 Å². The number of likely N-dealkylation sites (N-methyl/N-ethyl adjacent to an activating group) is 1. The molecule has 5 atom stereocenters. The molecule has 0 amide bonds. The lowest BCUT2D eigenvalue weighted by atomic mass is 9.53. The van der Waals surface area contributed by atoms with E-state index in [2.05, 4.69) is 0 Å². The lowest BCUT2D eigenvalue weighted by Gasteiger charge is -2.56. The molecule has 1 aromatic rings. The van der Waals surface area contributed by atoms with Gasteiger partial charge in [0.05, 0.1) is 11.2 Å². The Morgan fingerprint density at radius 1 is 1.50 bits per heavy atom. The second kappa shape index (κ2) is 4.06. The number of aliphatic hydroxyl groups excluding tert-OH is 1. The van der Waals surface area contributed by atoms with E-state index < -0.39 is 50.0 Å². The number of ether oxygens (including phenoxy) is 2. The summed E-state index contributed by atoms with van der Waals surface area (Å²) in [6.45, 7) is -2.38. The number of hydrogen-bond donors (Lipinski definition) is 1.